The topological polar surface area (TPSA) is 12.9 Å². The van der Waals surface area contributed by atoms with Gasteiger partial charge in [-0.05, 0) is 64.0 Å². The smallest absolute Gasteiger partial charge is 0.0661 e. The van der Waals surface area contributed by atoms with Crippen LogP contribution in [0.2, 0.25) is 5.02 Å². The molecule has 0 aliphatic rings. The second-order valence-electron chi connectivity index (χ2n) is 4.14. The maximum atomic E-state index is 6.58. The second kappa shape index (κ2) is 6.22. The van der Waals surface area contributed by atoms with Crippen molar-refractivity contribution in [1.82, 2.24) is 4.98 Å². The first kappa shape index (κ1) is 14.1. The van der Waals surface area contributed by atoms with Crippen molar-refractivity contribution in [2.75, 3.05) is 0 Å². The first-order valence-electron chi connectivity index (χ1n) is 5.58. The Bertz CT molecular complexity index is 531. The third kappa shape index (κ3) is 3.16. The third-order valence-corrected chi connectivity index (χ3v) is 4.76. The lowest BCUT2D eigenvalue weighted by atomic mass is 9.94. The molecule has 0 fully saturated rings. The quantitative estimate of drug-likeness (QED) is 0.502. The van der Waals surface area contributed by atoms with E-state index >= 15 is 0 Å². The van der Waals surface area contributed by atoms with E-state index in [0.29, 0.717) is 0 Å². The summed E-state index contributed by atoms with van der Waals surface area (Å²) < 4.78 is 1.14. The van der Waals surface area contributed by atoms with E-state index in [0.717, 1.165) is 14.2 Å². The van der Waals surface area contributed by atoms with Crippen molar-refractivity contribution in [2.24, 2.45) is 0 Å². The zero-order valence-electron chi connectivity index (χ0n) is 9.78. The Morgan fingerprint density at radius 3 is 2.50 bits per heavy atom. The van der Waals surface area contributed by atoms with E-state index in [9.17, 15) is 0 Å². The molecule has 2 unspecified atom stereocenters. The average Bonchev–Trinajstić information content (AvgIpc) is 2.41. The number of rotatable bonds is 3. The number of nitrogens with zero attached hydrogens (tertiary/aromatic N) is 1. The minimum absolute atomic E-state index is 0.0991. The molecule has 2 atom stereocenters. The highest BCUT2D eigenvalue weighted by molar-refractivity contribution is 14.1. The molecule has 0 saturated heterocycles. The molecule has 0 saturated carbocycles. The van der Waals surface area contributed by atoms with Crippen molar-refractivity contribution in [3.63, 3.8) is 0 Å². The van der Waals surface area contributed by atoms with Gasteiger partial charge in [0.15, 0.2) is 0 Å². The van der Waals surface area contributed by atoms with Crippen LogP contribution < -0.4 is 0 Å². The summed E-state index contributed by atoms with van der Waals surface area (Å²) in [5.41, 5.74) is 2.26. The van der Waals surface area contributed by atoms with E-state index in [4.69, 9.17) is 23.2 Å². The third-order valence-electron chi connectivity index (χ3n) is 2.93. The van der Waals surface area contributed by atoms with Gasteiger partial charge < -0.3 is 0 Å². The van der Waals surface area contributed by atoms with Gasteiger partial charge in [-0.2, -0.15) is 0 Å². The van der Waals surface area contributed by atoms with E-state index in [1.165, 1.54) is 5.56 Å². The largest absolute Gasteiger partial charge is 0.265 e. The Morgan fingerprint density at radius 1 is 1.17 bits per heavy atom. The summed E-state index contributed by atoms with van der Waals surface area (Å²) in [6, 6.07) is 9.81. The van der Waals surface area contributed by atoms with Crippen molar-refractivity contribution in [2.45, 2.75) is 18.2 Å². The molecule has 0 radical (unpaired) electrons. The molecule has 1 nitrogen and oxygen atoms in total. The van der Waals surface area contributed by atoms with Crippen LogP contribution in [-0.2, 0) is 0 Å². The molecule has 2 rings (SSSR count). The van der Waals surface area contributed by atoms with Gasteiger partial charge in [-0.1, -0.05) is 18.5 Å². The van der Waals surface area contributed by atoms with Crippen LogP contribution in [0.25, 0.3) is 0 Å². The van der Waals surface area contributed by atoms with Crippen LogP contribution in [-0.4, -0.2) is 4.98 Å². The Labute approximate surface area is 131 Å². The first-order chi connectivity index (χ1) is 8.59. The first-order valence-corrected chi connectivity index (χ1v) is 7.48. The van der Waals surface area contributed by atoms with Crippen LogP contribution in [0.15, 0.2) is 42.7 Å². The minimum Gasteiger partial charge on any atom is -0.265 e. The number of alkyl halides is 1. The SMILES string of the molecule is CC(c1ccncc1)C(Cl)c1cc(Cl)ccc1I. The lowest BCUT2D eigenvalue weighted by molar-refractivity contribution is 0.728. The Morgan fingerprint density at radius 2 is 1.83 bits per heavy atom. The van der Waals surface area contributed by atoms with Gasteiger partial charge in [0.1, 0.15) is 0 Å². The van der Waals surface area contributed by atoms with Crippen LogP contribution in [0.1, 0.15) is 29.3 Å². The standard InChI is InChI=1S/C14H12Cl2IN/c1-9(10-4-6-18-7-5-10)14(16)12-8-11(15)2-3-13(12)17/h2-9,14H,1H3. The van der Waals surface area contributed by atoms with Gasteiger partial charge >= 0.3 is 0 Å². The summed E-state index contributed by atoms with van der Waals surface area (Å²) in [5, 5.41) is 0.621. The zero-order valence-corrected chi connectivity index (χ0v) is 13.4. The van der Waals surface area contributed by atoms with Crippen molar-refractivity contribution >= 4 is 45.8 Å². The van der Waals surface area contributed by atoms with Crippen LogP contribution in [0, 0.1) is 3.57 Å². The number of aromatic nitrogens is 1. The van der Waals surface area contributed by atoms with Gasteiger partial charge in [-0.15, -0.1) is 11.6 Å². The Hall–Kier alpha value is -0.320. The molecule has 4 heteroatoms. The molecule has 18 heavy (non-hydrogen) atoms. The molecule has 0 amide bonds. The number of hydrogen-bond donors (Lipinski definition) is 0. The highest BCUT2D eigenvalue weighted by Gasteiger charge is 2.20. The van der Waals surface area contributed by atoms with Crippen LogP contribution in [0.5, 0.6) is 0 Å². The molecule has 0 spiro atoms. The highest BCUT2D eigenvalue weighted by atomic mass is 127. The molecular formula is C14H12Cl2IN. The average molecular weight is 392 g/mol. The van der Waals surface area contributed by atoms with Crippen molar-refractivity contribution in [3.05, 3.63) is 62.4 Å². The lowest BCUT2D eigenvalue weighted by Crippen LogP contribution is -2.04. The van der Waals surface area contributed by atoms with Crippen molar-refractivity contribution < 1.29 is 0 Å². The highest BCUT2D eigenvalue weighted by Crippen LogP contribution is 2.38. The normalized spacial score (nSPS) is 14.2. The predicted molar refractivity (Wildman–Crippen MR) is 85.4 cm³/mol. The predicted octanol–water partition coefficient (Wildman–Crippen LogP) is 5.42. The lowest BCUT2D eigenvalue weighted by Gasteiger charge is -2.20. The van der Waals surface area contributed by atoms with Gasteiger partial charge in [0.2, 0.25) is 0 Å². The number of hydrogen-bond acceptors (Lipinski definition) is 1. The molecule has 0 aliphatic carbocycles. The molecule has 1 aromatic heterocycles. The summed E-state index contributed by atoms with van der Waals surface area (Å²) in [6.45, 7) is 2.12. The van der Waals surface area contributed by atoms with Crippen LogP contribution >= 0.6 is 45.8 Å². The Balaban J connectivity index is 2.31. The minimum atomic E-state index is -0.0991. The van der Waals surface area contributed by atoms with Gasteiger partial charge in [0.25, 0.3) is 0 Å². The fourth-order valence-corrected chi connectivity index (χ4v) is 3.19. The zero-order chi connectivity index (χ0) is 13.1. The summed E-state index contributed by atoms with van der Waals surface area (Å²) >= 11 is 14.9. The summed E-state index contributed by atoms with van der Waals surface area (Å²) in [6.07, 6.45) is 3.58. The monoisotopic (exact) mass is 391 g/mol. The molecule has 0 bridgehead atoms. The molecule has 1 heterocycles. The molecule has 0 N–H and O–H groups in total. The van der Waals surface area contributed by atoms with Crippen LogP contribution in [0.4, 0.5) is 0 Å². The fraction of sp³-hybridized carbons (Fsp3) is 0.214. The van der Waals surface area contributed by atoms with Gasteiger partial charge in [-0.25, -0.2) is 0 Å². The van der Waals surface area contributed by atoms with Crippen molar-refractivity contribution in [3.8, 4) is 0 Å². The van der Waals surface area contributed by atoms with E-state index in [-0.39, 0.29) is 11.3 Å². The van der Waals surface area contributed by atoms with Gasteiger partial charge in [0, 0.05) is 26.9 Å². The van der Waals surface area contributed by atoms with E-state index in [1.54, 1.807) is 12.4 Å². The van der Waals surface area contributed by atoms with Crippen molar-refractivity contribution in [1.29, 1.82) is 0 Å². The summed E-state index contributed by atoms with van der Waals surface area (Å²) in [5.74, 6) is 0.210. The maximum Gasteiger partial charge on any atom is 0.0661 e. The summed E-state index contributed by atoms with van der Waals surface area (Å²) in [4.78, 5) is 4.03. The molecule has 2 aromatic rings. The van der Waals surface area contributed by atoms with E-state index < -0.39 is 0 Å². The van der Waals surface area contributed by atoms with Gasteiger partial charge in [0.05, 0.1) is 5.38 Å². The maximum absolute atomic E-state index is 6.58. The molecule has 94 valence electrons. The molecule has 0 aliphatic heterocycles. The molecule has 1 aromatic carbocycles. The Kier molecular flexibility index (Phi) is 4.87. The van der Waals surface area contributed by atoms with E-state index in [1.807, 2.05) is 30.3 Å². The fourth-order valence-electron chi connectivity index (χ4n) is 1.83. The van der Waals surface area contributed by atoms with Gasteiger partial charge in [-0.3, -0.25) is 4.98 Å². The van der Waals surface area contributed by atoms with Crippen LogP contribution in [0.3, 0.4) is 0 Å². The number of halogens is 3. The molecular weight excluding hydrogens is 380 g/mol. The number of pyridine rings is 1. The second-order valence-corrected chi connectivity index (χ2v) is 6.21. The summed E-state index contributed by atoms with van der Waals surface area (Å²) in [7, 11) is 0. The van der Waals surface area contributed by atoms with E-state index in [2.05, 4.69) is 34.5 Å². The number of benzene rings is 1.